The molecule has 1 atom stereocenters. The molecule has 1 aliphatic heterocycles. The Balaban J connectivity index is 2.19. The normalized spacial score (nSPS) is 19.3. The minimum Gasteiger partial charge on any atom is -0.479 e. The third-order valence-corrected chi connectivity index (χ3v) is 2.98. The first-order valence-electron chi connectivity index (χ1n) is 5.89. The fraction of sp³-hybridized carbons (Fsp3) is 0.385. The Hall–Kier alpha value is -1.95. The van der Waals surface area contributed by atoms with E-state index in [2.05, 4.69) is 0 Å². The minimum absolute atomic E-state index is 0.0361. The van der Waals surface area contributed by atoms with Gasteiger partial charge < -0.3 is 14.7 Å². The number of benzene rings is 1. The first kappa shape index (κ1) is 13.5. The lowest BCUT2D eigenvalue weighted by Crippen LogP contribution is -2.48. The van der Waals surface area contributed by atoms with Crippen LogP contribution >= 0.6 is 0 Å². The summed E-state index contributed by atoms with van der Waals surface area (Å²) in [5.74, 6) is -2.23. The van der Waals surface area contributed by atoms with Crippen molar-refractivity contribution in [3.05, 3.63) is 35.1 Å². The van der Waals surface area contributed by atoms with Crippen molar-refractivity contribution in [3.8, 4) is 0 Å². The van der Waals surface area contributed by atoms with Gasteiger partial charge in [0.15, 0.2) is 6.10 Å². The molecule has 0 spiro atoms. The number of carboxylic acids is 1. The quantitative estimate of drug-likeness (QED) is 0.870. The summed E-state index contributed by atoms with van der Waals surface area (Å²) in [5, 5.41) is 8.87. The molecule has 0 unspecified atom stereocenters. The van der Waals surface area contributed by atoms with Gasteiger partial charge in [-0.1, -0.05) is 11.6 Å². The number of aliphatic carboxylic acids is 1. The van der Waals surface area contributed by atoms with E-state index in [9.17, 15) is 14.0 Å². The van der Waals surface area contributed by atoms with Crippen molar-refractivity contribution in [3.63, 3.8) is 0 Å². The summed E-state index contributed by atoms with van der Waals surface area (Å²) in [5.41, 5.74) is 0.735. The molecular formula is C13H14FNO4. The van der Waals surface area contributed by atoms with Crippen LogP contribution in [0.5, 0.6) is 0 Å². The van der Waals surface area contributed by atoms with Crippen LogP contribution in [0.25, 0.3) is 0 Å². The number of ether oxygens (including phenoxy) is 1. The Morgan fingerprint density at radius 2 is 2.21 bits per heavy atom. The van der Waals surface area contributed by atoms with Gasteiger partial charge in [0.25, 0.3) is 5.91 Å². The maximum absolute atomic E-state index is 13.6. The number of carbonyl (C=O) groups excluding carboxylic acids is 1. The highest BCUT2D eigenvalue weighted by Gasteiger charge is 2.30. The number of aryl methyl sites for hydroxylation is 1. The van der Waals surface area contributed by atoms with E-state index in [-0.39, 0.29) is 25.3 Å². The molecular weight excluding hydrogens is 253 g/mol. The zero-order chi connectivity index (χ0) is 14.0. The Morgan fingerprint density at radius 1 is 1.47 bits per heavy atom. The molecule has 102 valence electrons. The first-order chi connectivity index (χ1) is 8.99. The molecule has 1 aliphatic rings. The zero-order valence-corrected chi connectivity index (χ0v) is 10.4. The highest BCUT2D eigenvalue weighted by Crippen LogP contribution is 2.15. The van der Waals surface area contributed by atoms with Gasteiger partial charge in [-0.2, -0.15) is 0 Å². The van der Waals surface area contributed by atoms with Crippen LogP contribution in [0.15, 0.2) is 18.2 Å². The van der Waals surface area contributed by atoms with Crippen LogP contribution in [-0.2, 0) is 9.53 Å². The molecule has 1 heterocycles. The highest BCUT2D eigenvalue weighted by molar-refractivity contribution is 5.95. The number of halogens is 1. The molecule has 2 rings (SSSR count). The lowest BCUT2D eigenvalue weighted by atomic mass is 10.1. The maximum atomic E-state index is 13.6. The van der Waals surface area contributed by atoms with Crippen molar-refractivity contribution in [2.24, 2.45) is 0 Å². The summed E-state index contributed by atoms with van der Waals surface area (Å²) in [6.07, 6.45) is -1.05. The second-order valence-corrected chi connectivity index (χ2v) is 4.43. The fourth-order valence-corrected chi connectivity index (χ4v) is 1.96. The molecule has 5 nitrogen and oxygen atoms in total. The monoisotopic (exact) mass is 267 g/mol. The van der Waals surface area contributed by atoms with E-state index in [1.165, 1.54) is 17.0 Å². The zero-order valence-electron chi connectivity index (χ0n) is 10.4. The molecule has 1 amide bonds. The Kier molecular flexibility index (Phi) is 3.80. The molecule has 0 aliphatic carbocycles. The predicted molar refractivity (Wildman–Crippen MR) is 64.4 cm³/mol. The molecule has 0 aromatic heterocycles. The average Bonchev–Trinajstić information content (AvgIpc) is 2.41. The summed E-state index contributed by atoms with van der Waals surface area (Å²) in [4.78, 5) is 24.3. The summed E-state index contributed by atoms with van der Waals surface area (Å²) >= 11 is 0. The van der Waals surface area contributed by atoms with E-state index in [0.717, 1.165) is 5.56 Å². The van der Waals surface area contributed by atoms with Crippen LogP contribution in [0.1, 0.15) is 15.9 Å². The molecule has 6 heteroatoms. The molecule has 0 bridgehead atoms. The van der Waals surface area contributed by atoms with Gasteiger partial charge in [-0.05, 0) is 19.1 Å². The smallest absolute Gasteiger partial charge is 0.334 e. The van der Waals surface area contributed by atoms with Crippen molar-refractivity contribution in [2.75, 3.05) is 19.7 Å². The number of carboxylic acid groups (broad SMARTS) is 1. The predicted octanol–water partition coefficient (Wildman–Crippen LogP) is 1.06. The van der Waals surface area contributed by atoms with Crippen molar-refractivity contribution >= 4 is 11.9 Å². The third kappa shape index (κ3) is 2.90. The number of hydrogen-bond donors (Lipinski definition) is 1. The van der Waals surface area contributed by atoms with Crippen LogP contribution in [0, 0.1) is 12.7 Å². The van der Waals surface area contributed by atoms with Crippen LogP contribution < -0.4 is 0 Å². The van der Waals surface area contributed by atoms with Gasteiger partial charge in [0.05, 0.1) is 18.7 Å². The lowest BCUT2D eigenvalue weighted by Gasteiger charge is -2.31. The second kappa shape index (κ2) is 5.36. The summed E-state index contributed by atoms with van der Waals surface area (Å²) in [6.45, 7) is 2.09. The topological polar surface area (TPSA) is 66.8 Å². The highest BCUT2D eigenvalue weighted by atomic mass is 19.1. The van der Waals surface area contributed by atoms with Gasteiger partial charge in [0, 0.05) is 6.54 Å². The van der Waals surface area contributed by atoms with Gasteiger partial charge in [-0.15, -0.1) is 0 Å². The standard InChI is InChI=1S/C13H14FNO4/c1-8-2-3-10(14)9(6-8)12(16)15-4-5-19-11(7-15)13(17)18/h2-3,6,11H,4-5,7H2,1H3,(H,17,18)/t11-/m0/s1. The third-order valence-electron chi connectivity index (χ3n) is 2.98. The van der Waals surface area contributed by atoms with Crippen molar-refractivity contribution in [2.45, 2.75) is 13.0 Å². The Bertz CT molecular complexity index is 517. The molecule has 1 aromatic carbocycles. The van der Waals surface area contributed by atoms with E-state index >= 15 is 0 Å². The van der Waals surface area contributed by atoms with Crippen LogP contribution in [-0.4, -0.2) is 47.7 Å². The number of rotatable bonds is 2. The van der Waals surface area contributed by atoms with Gasteiger partial charge in [-0.3, -0.25) is 4.79 Å². The Morgan fingerprint density at radius 3 is 2.89 bits per heavy atom. The Labute approximate surface area is 109 Å². The molecule has 1 N–H and O–H groups in total. The lowest BCUT2D eigenvalue weighted by molar-refractivity contribution is -0.154. The van der Waals surface area contributed by atoms with Gasteiger partial charge >= 0.3 is 5.97 Å². The van der Waals surface area contributed by atoms with Gasteiger partial charge in [-0.25, -0.2) is 9.18 Å². The second-order valence-electron chi connectivity index (χ2n) is 4.43. The molecule has 19 heavy (non-hydrogen) atoms. The number of amides is 1. The summed E-state index contributed by atoms with van der Waals surface area (Å²) in [6, 6.07) is 4.27. The van der Waals surface area contributed by atoms with Crippen molar-refractivity contribution in [1.29, 1.82) is 0 Å². The summed E-state index contributed by atoms with van der Waals surface area (Å²) < 4.78 is 18.7. The van der Waals surface area contributed by atoms with Crippen LogP contribution in [0.4, 0.5) is 4.39 Å². The maximum Gasteiger partial charge on any atom is 0.334 e. The van der Waals surface area contributed by atoms with Gasteiger partial charge in [0.1, 0.15) is 5.82 Å². The average molecular weight is 267 g/mol. The molecule has 1 saturated heterocycles. The van der Waals surface area contributed by atoms with E-state index in [1.54, 1.807) is 13.0 Å². The fourth-order valence-electron chi connectivity index (χ4n) is 1.96. The number of morpholine rings is 1. The van der Waals surface area contributed by atoms with E-state index < -0.39 is 23.8 Å². The van der Waals surface area contributed by atoms with Crippen LogP contribution in [0.3, 0.4) is 0 Å². The SMILES string of the molecule is Cc1ccc(F)c(C(=O)N2CCO[C@H](C(=O)O)C2)c1. The number of hydrogen-bond acceptors (Lipinski definition) is 3. The summed E-state index contributed by atoms with van der Waals surface area (Å²) in [7, 11) is 0. The van der Waals surface area contributed by atoms with E-state index in [4.69, 9.17) is 9.84 Å². The number of carbonyl (C=O) groups is 2. The molecule has 0 saturated carbocycles. The number of nitrogens with zero attached hydrogens (tertiary/aromatic N) is 1. The van der Waals surface area contributed by atoms with Gasteiger partial charge in [0.2, 0.25) is 0 Å². The molecule has 1 aromatic rings. The minimum atomic E-state index is -1.12. The van der Waals surface area contributed by atoms with Crippen molar-refractivity contribution in [1.82, 2.24) is 4.90 Å². The van der Waals surface area contributed by atoms with Crippen molar-refractivity contribution < 1.29 is 23.8 Å². The van der Waals surface area contributed by atoms with E-state index in [1.807, 2.05) is 0 Å². The van der Waals surface area contributed by atoms with Crippen LogP contribution in [0.2, 0.25) is 0 Å². The molecule has 1 fully saturated rings. The molecule has 0 radical (unpaired) electrons. The largest absolute Gasteiger partial charge is 0.479 e. The first-order valence-corrected chi connectivity index (χ1v) is 5.89. The van der Waals surface area contributed by atoms with E-state index in [0.29, 0.717) is 0 Å².